The lowest BCUT2D eigenvalue weighted by molar-refractivity contribution is -0.117. The summed E-state index contributed by atoms with van der Waals surface area (Å²) in [6.07, 6.45) is 1.58. The first-order chi connectivity index (χ1) is 11.6. The lowest BCUT2D eigenvalue weighted by atomic mass is 10.1. The second-order valence-electron chi connectivity index (χ2n) is 6.11. The van der Waals surface area contributed by atoms with Crippen LogP contribution in [-0.4, -0.2) is 25.7 Å². The van der Waals surface area contributed by atoms with Crippen LogP contribution in [0.15, 0.2) is 42.5 Å². The summed E-state index contributed by atoms with van der Waals surface area (Å²) >= 11 is 0. The Balaban J connectivity index is 1.48. The molecule has 1 fully saturated rings. The van der Waals surface area contributed by atoms with Crippen LogP contribution in [0.4, 0.5) is 5.69 Å². The molecule has 4 nitrogen and oxygen atoms in total. The number of nitrogens with zero attached hydrogens (tertiary/aromatic N) is 1. The van der Waals surface area contributed by atoms with Crippen LogP contribution in [0.25, 0.3) is 0 Å². The van der Waals surface area contributed by atoms with Crippen molar-refractivity contribution in [2.75, 3.05) is 24.7 Å². The fraction of sp³-hybridized carbons (Fsp3) is 0.350. The average Bonchev–Trinajstić information content (AvgIpc) is 3.01. The van der Waals surface area contributed by atoms with Gasteiger partial charge in [-0.25, -0.2) is 0 Å². The van der Waals surface area contributed by atoms with E-state index in [1.54, 1.807) is 0 Å². The van der Waals surface area contributed by atoms with Crippen LogP contribution in [-0.2, 0) is 4.79 Å². The van der Waals surface area contributed by atoms with Gasteiger partial charge in [0, 0.05) is 18.7 Å². The van der Waals surface area contributed by atoms with Crippen LogP contribution in [0.2, 0.25) is 0 Å². The van der Waals surface area contributed by atoms with Gasteiger partial charge in [-0.2, -0.15) is 0 Å². The van der Waals surface area contributed by atoms with Crippen LogP contribution < -0.4 is 14.4 Å². The van der Waals surface area contributed by atoms with Gasteiger partial charge in [0.05, 0.1) is 0 Å². The van der Waals surface area contributed by atoms with Gasteiger partial charge in [-0.15, -0.1) is 0 Å². The van der Waals surface area contributed by atoms with Gasteiger partial charge in [-0.1, -0.05) is 12.1 Å². The largest absolute Gasteiger partial charge is 0.490 e. The SMILES string of the molecule is Cc1ccc(C)c(OCCOc2ccc(N3CCCC3=O)cc2)c1. The van der Waals surface area contributed by atoms with E-state index in [1.807, 2.05) is 42.2 Å². The minimum atomic E-state index is 0.200. The molecule has 1 aliphatic rings. The smallest absolute Gasteiger partial charge is 0.227 e. The topological polar surface area (TPSA) is 38.8 Å². The molecule has 0 N–H and O–H groups in total. The molecule has 4 heteroatoms. The minimum absolute atomic E-state index is 0.200. The van der Waals surface area contributed by atoms with Crippen molar-refractivity contribution in [1.82, 2.24) is 0 Å². The Hall–Kier alpha value is -2.49. The van der Waals surface area contributed by atoms with Crippen molar-refractivity contribution in [3.05, 3.63) is 53.6 Å². The van der Waals surface area contributed by atoms with Gasteiger partial charge in [-0.3, -0.25) is 4.79 Å². The predicted octanol–water partition coefficient (Wildman–Crippen LogP) is 3.89. The second-order valence-corrected chi connectivity index (χ2v) is 6.11. The molecule has 24 heavy (non-hydrogen) atoms. The number of benzene rings is 2. The fourth-order valence-corrected chi connectivity index (χ4v) is 2.82. The molecule has 1 amide bonds. The van der Waals surface area contributed by atoms with E-state index in [0.717, 1.165) is 35.7 Å². The normalized spacial score (nSPS) is 14.1. The maximum atomic E-state index is 11.7. The molecule has 0 saturated carbocycles. The number of carbonyl (C=O) groups is 1. The Kier molecular flexibility index (Phi) is 5.04. The highest BCUT2D eigenvalue weighted by Gasteiger charge is 2.21. The van der Waals surface area contributed by atoms with Crippen LogP contribution in [0.1, 0.15) is 24.0 Å². The van der Waals surface area contributed by atoms with E-state index in [4.69, 9.17) is 9.47 Å². The number of amides is 1. The highest BCUT2D eigenvalue weighted by atomic mass is 16.5. The molecule has 0 radical (unpaired) electrons. The highest BCUT2D eigenvalue weighted by Crippen LogP contribution is 2.24. The molecular weight excluding hydrogens is 302 g/mol. The zero-order valence-corrected chi connectivity index (χ0v) is 14.2. The Labute approximate surface area is 143 Å². The number of hydrogen-bond donors (Lipinski definition) is 0. The molecule has 2 aromatic rings. The van der Waals surface area contributed by atoms with Gasteiger partial charge in [0.1, 0.15) is 24.7 Å². The highest BCUT2D eigenvalue weighted by molar-refractivity contribution is 5.95. The van der Waals surface area contributed by atoms with Crippen molar-refractivity contribution in [3.63, 3.8) is 0 Å². The van der Waals surface area contributed by atoms with Crippen molar-refractivity contribution in [1.29, 1.82) is 0 Å². The molecule has 126 valence electrons. The molecule has 1 heterocycles. The first-order valence-electron chi connectivity index (χ1n) is 8.37. The fourth-order valence-electron chi connectivity index (χ4n) is 2.82. The van der Waals surface area contributed by atoms with Gasteiger partial charge in [0.15, 0.2) is 0 Å². The first kappa shape index (κ1) is 16.4. The van der Waals surface area contributed by atoms with Crippen molar-refractivity contribution in [2.45, 2.75) is 26.7 Å². The predicted molar refractivity (Wildman–Crippen MR) is 94.9 cm³/mol. The van der Waals surface area contributed by atoms with Crippen molar-refractivity contribution >= 4 is 11.6 Å². The van der Waals surface area contributed by atoms with Gasteiger partial charge < -0.3 is 14.4 Å². The summed E-state index contributed by atoms with van der Waals surface area (Å²) in [5.41, 5.74) is 3.25. The number of ether oxygens (including phenoxy) is 2. The molecule has 1 saturated heterocycles. The zero-order chi connectivity index (χ0) is 16.9. The Morgan fingerprint density at radius 2 is 1.75 bits per heavy atom. The van der Waals surface area contributed by atoms with Gasteiger partial charge in [-0.05, 0) is 61.7 Å². The summed E-state index contributed by atoms with van der Waals surface area (Å²) in [6, 6.07) is 13.8. The van der Waals surface area contributed by atoms with Crippen molar-refractivity contribution in [2.24, 2.45) is 0 Å². The average molecular weight is 325 g/mol. The number of anilines is 1. The lowest BCUT2D eigenvalue weighted by Gasteiger charge is -2.16. The molecule has 0 aromatic heterocycles. The molecule has 0 unspecified atom stereocenters. The van der Waals surface area contributed by atoms with E-state index in [0.29, 0.717) is 19.6 Å². The lowest BCUT2D eigenvalue weighted by Crippen LogP contribution is -2.23. The van der Waals surface area contributed by atoms with E-state index in [1.165, 1.54) is 5.56 Å². The summed E-state index contributed by atoms with van der Waals surface area (Å²) in [6.45, 7) is 5.87. The van der Waals surface area contributed by atoms with Crippen LogP contribution in [0, 0.1) is 13.8 Å². The number of aryl methyl sites for hydroxylation is 2. The molecule has 0 aliphatic carbocycles. The van der Waals surface area contributed by atoms with Crippen LogP contribution >= 0.6 is 0 Å². The number of carbonyl (C=O) groups excluding carboxylic acids is 1. The summed E-state index contributed by atoms with van der Waals surface area (Å²) in [7, 11) is 0. The molecular formula is C20H23NO3. The number of hydrogen-bond acceptors (Lipinski definition) is 3. The summed E-state index contributed by atoms with van der Waals surface area (Å²) in [4.78, 5) is 13.6. The van der Waals surface area contributed by atoms with E-state index in [2.05, 4.69) is 19.1 Å². The molecule has 2 aromatic carbocycles. The van der Waals surface area contributed by atoms with E-state index < -0.39 is 0 Å². The molecule has 0 atom stereocenters. The Morgan fingerprint density at radius 1 is 1.00 bits per heavy atom. The van der Waals surface area contributed by atoms with Crippen LogP contribution in [0.3, 0.4) is 0 Å². The third-order valence-corrected chi connectivity index (χ3v) is 4.18. The number of rotatable bonds is 6. The maximum Gasteiger partial charge on any atom is 0.227 e. The van der Waals surface area contributed by atoms with Crippen molar-refractivity contribution in [3.8, 4) is 11.5 Å². The second kappa shape index (κ2) is 7.39. The summed E-state index contributed by atoms with van der Waals surface area (Å²) < 4.78 is 11.5. The zero-order valence-electron chi connectivity index (χ0n) is 14.2. The molecule has 1 aliphatic heterocycles. The molecule has 0 spiro atoms. The third-order valence-electron chi connectivity index (χ3n) is 4.18. The molecule has 0 bridgehead atoms. The standard InChI is InChI=1S/C20H23NO3/c1-15-5-6-16(2)19(14-15)24-13-12-23-18-9-7-17(8-10-18)21-11-3-4-20(21)22/h5-10,14H,3-4,11-13H2,1-2H3. The monoisotopic (exact) mass is 325 g/mol. The quantitative estimate of drug-likeness (QED) is 0.756. The van der Waals surface area contributed by atoms with Gasteiger partial charge in [0.2, 0.25) is 5.91 Å². The Bertz CT molecular complexity index is 709. The maximum absolute atomic E-state index is 11.7. The van der Waals surface area contributed by atoms with Crippen LogP contribution in [0.5, 0.6) is 11.5 Å². The molecule has 3 rings (SSSR count). The van der Waals surface area contributed by atoms with E-state index >= 15 is 0 Å². The third kappa shape index (κ3) is 3.88. The van der Waals surface area contributed by atoms with E-state index in [9.17, 15) is 4.79 Å². The van der Waals surface area contributed by atoms with Gasteiger partial charge in [0.25, 0.3) is 0 Å². The van der Waals surface area contributed by atoms with Gasteiger partial charge >= 0.3 is 0 Å². The van der Waals surface area contributed by atoms with E-state index in [-0.39, 0.29) is 5.91 Å². The minimum Gasteiger partial charge on any atom is -0.490 e. The summed E-state index contributed by atoms with van der Waals surface area (Å²) in [5.74, 6) is 1.89. The Morgan fingerprint density at radius 3 is 2.46 bits per heavy atom. The summed E-state index contributed by atoms with van der Waals surface area (Å²) in [5, 5.41) is 0. The van der Waals surface area contributed by atoms with Crippen molar-refractivity contribution < 1.29 is 14.3 Å². The first-order valence-corrected chi connectivity index (χ1v) is 8.37.